The van der Waals surface area contributed by atoms with Crippen LogP contribution in [-0.2, 0) is 19.5 Å². The number of aryl methyl sites for hydroxylation is 1. The van der Waals surface area contributed by atoms with Crippen molar-refractivity contribution in [3.8, 4) is 11.5 Å². The summed E-state index contributed by atoms with van der Waals surface area (Å²) in [5.74, 6) is 0.170. The summed E-state index contributed by atoms with van der Waals surface area (Å²) >= 11 is 0. The van der Waals surface area contributed by atoms with E-state index in [1.807, 2.05) is 6.07 Å². The third kappa shape index (κ3) is 3.45. The first-order chi connectivity index (χ1) is 9.20. The van der Waals surface area contributed by atoms with Crippen LogP contribution in [0.25, 0.3) is 0 Å². The van der Waals surface area contributed by atoms with E-state index >= 15 is 0 Å². The number of benzene rings is 1. The van der Waals surface area contributed by atoms with Gasteiger partial charge in [-0.1, -0.05) is 19.1 Å². The maximum Gasteiger partial charge on any atom is 0.123 e. The Bertz CT molecular complexity index is 556. The molecule has 0 atom stereocenters. The van der Waals surface area contributed by atoms with Crippen molar-refractivity contribution in [3.63, 3.8) is 0 Å². The van der Waals surface area contributed by atoms with Gasteiger partial charge in [0, 0.05) is 30.9 Å². The molecular weight excluding hydrogens is 240 g/mol. The van der Waals surface area contributed by atoms with Crippen LogP contribution in [0.2, 0.25) is 0 Å². The van der Waals surface area contributed by atoms with Crippen molar-refractivity contribution < 1.29 is 10.2 Å². The highest BCUT2D eigenvalue weighted by Gasteiger charge is 2.04. The number of nitrogens with one attached hydrogen (secondary N) is 1. The number of aromatic hydroxyl groups is 2. The van der Waals surface area contributed by atoms with Crippen molar-refractivity contribution in [1.82, 2.24) is 10.3 Å². The van der Waals surface area contributed by atoms with Gasteiger partial charge in [-0.25, -0.2) is 0 Å². The third-order valence-electron chi connectivity index (χ3n) is 3.04. The van der Waals surface area contributed by atoms with Gasteiger partial charge in [-0.2, -0.15) is 0 Å². The zero-order chi connectivity index (χ0) is 13.7. The SMILES string of the molecule is CCc1cccnc1CNCc1ccc(O)cc1O. The molecular formula is C15H18N2O2. The third-order valence-corrected chi connectivity index (χ3v) is 3.04. The molecule has 0 aliphatic heterocycles. The molecule has 19 heavy (non-hydrogen) atoms. The minimum atomic E-state index is 0.0687. The molecule has 0 radical (unpaired) electrons. The van der Waals surface area contributed by atoms with Crippen LogP contribution in [0.3, 0.4) is 0 Å². The fourth-order valence-corrected chi connectivity index (χ4v) is 1.97. The van der Waals surface area contributed by atoms with Gasteiger partial charge in [0.05, 0.1) is 5.69 Å². The number of aromatic nitrogens is 1. The van der Waals surface area contributed by atoms with Gasteiger partial charge in [0.15, 0.2) is 0 Å². The molecule has 4 heteroatoms. The molecule has 0 unspecified atom stereocenters. The number of nitrogens with zero attached hydrogens (tertiary/aromatic N) is 1. The summed E-state index contributed by atoms with van der Waals surface area (Å²) in [6.07, 6.45) is 2.74. The average molecular weight is 258 g/mol. The monoisotopic (exact) mass is 258 g/mol. The van der Waals surface area contributed by atoms with E-state index < -0.39 is 0 Å². The first-order valence-electron chi connectivity index (χ1n) is 6.35. The van der Waals surface area contributed by atoms with Crippen molar-refractivity contribution in [2.24, 2.45) is 0 Å². The number of phenols is 2. The molecule has 0 fully saturated rings. The van der Waals surface area contributed by atoms with Gasteiger partial charge in [0.1, 0.15) is 11.5 Å². The van der Waals surface area contributed by atoms with E-state index in [0.29, 0.717) is 13.1 Å². The highest BCUT2D eigenvalue weighted by atomic mass is 16.3. The number of rotatable bonds is 5. The predicted octanol–water partition coefficient (Wildman–Crippen LogP) is 2.35. The Labute approximate surface area is 112 Å². The van der Waals surface area contributed by atoms with E-state index in [1.165, 1.54) is 11.6 Å². The Morgan fingerprint density at radius 3 is 2.68 bits per heavy atom. The smallest absolute Gasteiger partial charge is 0.123 e. The maximum atomic E-state index is 9.67. The molecule has 1 heterocycles. The predicted molar refractivity (Wildman–Crippen MR) is 73.9 cm³/mol. The Hall–Kier alpha value is -2.07. The molecule has 1 aromatic carbocycles. The second kappa shape index (κ2) is 6.20. The molecule has 4 nitrogen and oxygen atoms in total. The van der Waals surface area contributed by atoms with Crippen LogP contribution in [0.4, 0.5) is 0 Å². The summed E-state index contributed by atoms with van der Waals surface area (Å²) in [7, 11) is 0. The van der Waals surface area contributed by atoms with E-state index in [-0.39, 0.29) is 11.5 Å². The van der Waals surface area contributed by atoms with E-state index in [1.54, 1.807) is 18.3 Å². The number of pyridine rings is 1. The van der Waals surface area contributed by atoms with Crippen molar-refractivity contribution in [1.29, 1.82) is 0 Å². The summed E-state index contributed by atoms with van der Waals surface area (Å²) in [6.45, 7) is 3.29. The molecule has 2 rings (SSSR count). The van der Waals surface area contributed by atoms with Crippen LogP contribution in [0.1, 0.15) is 23.7 Å². The minimum absolute atomic E-state index is 0.0687. The van der Waals surface area contributed by atoms with Crippen LogP contribution in [0.15, 0.2) is 36.5 Å². The van der Waals surface area contributed by atoms with Crippen molar-refractivity contribution >= 4 is 0 Å². The number of phenolic OH excluding ortho intramolecular Hbond substituents is 2. The van der Waals surface area contributed by atoms with Crippen LogP contribution in [-0.4, -0.2) is 15.2 Å². The molecule has 0 saturated carbocycles. The molecule has 100 valence electrons. The lowest BCUT2D eigenvalue weighted by atomic mass is 10.1. The summed E-state index contributed by atoms with van der Waals surface area (Å²) in [5.41, 5.74) is 3.01. The highest BCUT2D eigenvalue weighted by molar-refractivity contribution is 5.38. The Balaban J connectivity index is 1.96. The van der Waals surface area contributed by atoms with Crippen molar-refractivity contribution in [3.05, 3.63) is 53.3 Å². The topological polar surface area (TPSA) is 65.4 Å². The lowest BCUT2D eigenvalue weighted by Crippen LogP contribution is -2.15. The molecule has 0 bridgehead atoms. The Morgan fingerprint density at radius 2 is 1.95 bits per heavy atom. The van der Waals surface area contributed by atoms with Crippen molar-refractivity contribution in [2.45, 2.75) is 26.4 Å². The number of hydrogen-bond donors (Lipinski definition) is 3. The zero-order valence-corrected chi connectivity index (χ0v) is 10.9. The second-order valence-electron chi connectivity index (χ2n) is 4.38. The summed E-state index contributed by atoms with van der Waals surface area (Å²) in [5, 5.41) is 22.1. The van der Waals surface area contributed by atoms with Gasteiger partial charge >= 0.3 is 0 Å². The van der Waals surface area contributed by atoms with Gasteiger partial charge in [-0.3, -0.25) is 4.98 Å². The Morgan fingerprint density at radius 1 is 1.11 bits per heavy atom. The molecule has 1 aromatic heterocycles. The summed E-state index contributed by atoms with van der Waals surface area (Å²) < 4.78 is 0. The standard InChI is InChI=1S/C15H18N2O2/c1-2-11-4-3-7-17-14(11)10-16-9-12-5-6-13(18)8-15(12)19/h3-8,16,18-19H,2,9-10H2,1H3. The Kier molecular flexibility index (Phi) is 4.36. The van der Waals surface area contributed by atoms with Crippen LogP contribution >= 0.6 is 0 Å². The molecule has 0 amide bonds. The second-order valence-corrected chi connectivity index (χ2v) is 4.38. The van der Waals surface area contributed by atoms with Gasteiger partial charge in [-0.05, 0) is 24.1 Å². The highest BCUT2D eigenvalue weighted by Crippen LogP contribution is 2.22. The lowest BCUT2D eigenvalue weighted by Gasteiger charge is -2.09. The molecule has 3 N–H and O–H groups in total. The van der Waals surface area contributed by atoms with E-state index in [0.717, 1.165) is 17.7 Å². The van der Waals surface area contributed by atoms with Crippen molar-refractivity contribution in [2.75, 3.05) is 0 Å². The number of hydrogen-bond acceptors (Lipinski definition) is 4. The van der Waals surface area contributed by atoms with E-state index in [9.17, 15) is 10.2 Å². The molecule has 0 spiro atoms. The maximum absolute atomic E-state index is 9.67. The lowest BCUT2D eigenvalue weighted by molar-refractivity contribution is 0.443. The van der Waals surface area contributed by atoms with Crippen LogP contribution in [0.5, 0.6) is 11.5 Å². The van der Waals surface area contributed by atoms with E-state index in [4.69, 9.17) is 0 Å². The van der Waals surface area contributed by atoms with E-state index in [2.05, 4.69) is 23.3 Å². The quantitative estimate of drug-likeness (QED) is 0.770. The molecule has 0 aliphatic carbocycles. The minimum Gasteiger partial charge on any atom is -0.508 e. The average Bonchev–Trinajstić information content (AvgIpc) is 2.42. The first-order valence-corrected chi connectivity index (χ1v) is 6.35. The molecule has 2 aromatic rings. The first kappa shape index (κ1) is 13.4. The largest absolute Gasteiger partial charge is 0.508 e. The molecule has 0 aliphatic rings. The van der Waals surface area contributed by atoms with Crippen LogP contribution in [0, 0.1) is 0 Å². The summed E-state index contributed by atoms with van der Waals surface area (Å²) in [4.78, 5) is 4.35. The van der Waals surface area contributed by atoms with Crippen LogP contribution < -0.4 is 5.32 Å². The van der Waals surface area contributed by atoms with Gasteiger partial charge in [0.2, 0.25) is 0 Å². The fourth-order valence-electron chi connectivity index (χ4n) is 1.97. The normalized spacial score (nSPS) is 10.6. The fraction of sp³-hybridized carbons (Fsp3) is 0.267. The zero-order valence-electron chi connectivity index (χ0n) is 10.9. The molecule has 0 saturated heterocycles. The van der Waals surface area contributed by atoms with Gasteiger partial charge < -0.3 is 15.5 Å². The summed E-state index contributed by atoms with van der Waals surface area (Å²) in [6, 6.07) is 8.62. The van der Waals surface area contributed by atoms with Gasteiger partial charge in [-0.15, -0.1) is 0 Å². The van der Waals surface area contributed by atoms with Gasteiger partial charge in [0.25, 0.3) is 0 Å².